The van der Waals surface area contributed by atoms with Crippen LogP contribution in [0.5, 0.6) is 5.75 Å². The maximum Gasteiger partial charge on any atom is 0.268 e. The normalized spacial score (nSPS) is 17.4. The molecular weight excluding hydrogens is 392 g/mol. The van der Waals surface area contributed by atoms with Crippen molar-refractivity contribution in [3.8, 4) is 5.75 Å². The Hall–Kier alpha value is -3.64. The van der Waals surface area contributed by atoms with E-state index in [1.165, 1.54) is 4.90 Å². The Morgan fingerprint density at radius 2 is 1.81 bits per heavy atom. The van der Waals surface area contributed by atoms with E-state index in [-0.39, 0.29) is 12.5 Å². The van der Waals surface area contributed by atoms with Gasteiger partial charge in [0.15, 0.2) is 5.60 Å². The maximum absolute atomic E-state index is 13.4. The summed E-state index contributed by atoms with van der Waals surface area (Å²) in [5.74, 6) is -0.376. The molecule has 0 saturated heterocycles. The Morgan fingerprint density at radius 1 is 1.06 bits per heavy atom. The molecule has 4 rings (SSSR count). The van der Waals surface area contributed by atoms with Crippen molar-refractivity contribution < 1.29 is 19.4 Å². The number of anilines is 2. The van der Waals surface area contributed by atoms with Gasteiger partial charge in [-0.15, -0.1) is 0 Å². The Morgan fingerprint density at radius 3 is 2.58 bits per heavy atom. The van der Waals surface area contributed by atoms with Crippen LogP contribution in [0.2, 0.25) is 0 Å². The quantitative estimate of drug-likeness (QED) is 0.643. The molecule has 1 heterocycles. The molecule has 0 bridgehead atoms. The molecule has 0 aromatic heterocycles. The number of hydrogen-bond donors (Lipinski definition) is 2. The monoisotopic (exact) mass is 416 g/mol. The van der Waals surface area contributed by atoms with Gasteiger partial charge in [-0.1, -0.05) is 60.2 Å². The number of hydrogen-bond acceptors (Lipinski definition) is 4. The van der Waals surface area contributed by atoms with Crippen LogP contribution in [0.15, 0.2) is 72.8 Å². The molecule has 0 radical (unpaired) electrons. The van der Waals surface area contributed by atoms with Crippen molar-refractivity contribution >= 4 is 23.2 Å². The predicted molar refractivity (Wildman–Crippen MR) is 119 cm³/mol. The summed E-state index contributed by atoms with van der Waals surface area (Å²) in [5, 5.41) is 14.4. The second kappa shape index (κ2) is 8.24. The topological polar surface area (TPSA) is 78.9 Å². The van der Waals surface area contributed by atoms with Crippen molar-refractivity contribution in [3.05, 3.63) is 89.5 Å². The lowest BCUT2D eigenvalue weighted by atomic mass is 9.87. The smallest absolute Gasteiger partial charge is 0.268 e. The first-order chi connectivity index (χ1) is 14.9. The molecule has 158 valence electrons. The third-order valence-corrected chi connectivity index (χ3v) is 5.34. The second-order valence-corrected chi connectivity index (χ2v) is 7.47. The first-order valence-electron chi connectivity index (χ1n) is 10.2. The average Bonchev–Trinajstić information content (AvgIpc) is 2.98. The van der Waals surface area contributed by atoms with E-state index in [4.69, 9.17) is 4.74 Å². The van der Waals surface area contributed by atoms with E-state index in [1.807, 2.05) is 26.0 Å². The zero-order valence-electron chi connectivity index (χ0n) is 17.5. The van der Waals surface area contributed by atoms with Crippen LogP contribution >= 0.6 is 0 Å². The van der Waals surface area contributed by atoms with Crippen molar-refractivity contribution in [2.24, 2.45) is 0 Å². The minimum atomic E-state index is -1.84. The molecule has 0 spiro atoms. The maximum atomic E-state index is 13.4. The number of para-hydroxylation sites is 3. The number of nitrogens with one attached hydrogen (secondary N) is 1. The lowest BCUT2D eigenvalue weighted by Gasteiger charge is -2.24. The van der Waals surface area contributed by atoms with Crippen LogP contribution in [0.3, 0.4) is 0 Å². The summed E-state index contributed by atoms with van der Waals surface area (Å²) in [6.07, 6.45) is 0. The highest BCUT2D eigenvalue weighted by Crippen LogP contribution is 2.44. The SMILES string of the molecule is CCOc1ccccc1NC(=O)CN1C(=O)[C@](O)(c2cccc(C)c2)c2ccccc21. The van der Waals surface area contributed by atoms with Crippen LogP contribution in [0.1, 0.15) is 23.6 Å². The number of nitrogens with zero attached hydrogens (tertiary/aromatic N) is 1. The summed E-state index contributed by atoms with van der Waals surface area (Å²) >= 11 is 0. The van der Waals surface area contributed by atoms with Crippen LogP contribution in [0, 0.1) is 6.92 Å². The molecule has 0 unspecified atom stereocenters. The highest BCUT2D eigenvalue weighted by molar-refractivity contribution is 6.12. The predicted octanol–water partition coefficient (Wildman–Crippen LogP) is 3.61. The Kier molecular flexibility index (Phi) is 5.48. The molecule has 6 nitrogen and oxygen atoms in total. The zero-order valence-corrected chi connectivity index (χ0v) is 17.5. The minimum Gasteiger partial charge on any atom is -0.492 e. The third-order valence-electron chi connectivity index (χ3n) is 5.34. The van der Waals surface area contributed by atoms with Crippen LogP contribution in [-0.2, 0) is 15.2 Å². The molecule has 2 N–H and O–H groups in total. The highest BCUT2D eigenvalue weighted by Gasteiger charge is 2.51. The molecule has 1 atom stereocenters. The van der Waals surface area contributed by atoms with E-state index < -0.39 is 11.5 Å². The van der Waals surface area contributed by atoms with Crippen LogP contribution in [0.4, 0.5) is 11.4 Å². The van der Waals surface area contributed by atoms with Gasteiger partial charge >= 0.3 is 0 Å². The second-order valence-electron chi connectivity index (χ2n) is 7.47. The standard InChI is InChI=1S/C25H24N2O4/c1-3-31-22-14-7-5-12-20(22)26-23(28)16-27-21-13-6-4-11-19(21)25(30,24(27)29)18-10-8-9-17(2)15-18/h4-15,30H,3,16H2,1-2H3,(H,26,28)/t25-/m0/s1. The number of rotatable bonds is 6. The van der Waals surface area contributed by atoms with Crippen LogP contribution in [0.25, 0.3) is 0 Å². The summed E-state index contributed by atoms with van der Waals surface area (Å²) < 4.78 is 5.55. The Bertz CT molecular complexity index is 1140. The van der Waals surface area contributed by atoms with Crippen LogP contribution in [-0.4, -0.2) is 30.1 Å². The summed E-state index contributed by atoms with van der Waals surface area (Å²) in [4.78, 5) is 27.6. The van der Waals surface area contributed by atoms with Gasteiger partial charge in [-0.05, 0) is 37.6 Å². The number of aliphatic hydroxyl groups is 1. The molecule has 2 amide bonds. The van der Waals surface area contributed by atoms with Crippen molar-refractivity contribution in [1.82, 2.24) is 0 Å². The first-order valence-corrected chi connectivity index (χ1v) is 10.2. The summed E-state index contributed by atoms with van der Waals surface area (Å²) in [6, 6.07) is 21.4. The molecule has 0 saturated carbocycles. The number of fused-ring (bicyclic) bond motifs is 1. The van der Waals surface area contributed by atoms with Gasteiger partial charge < -0.3 is 15.2 Å². The summed E-state index contributed by atoms with van der Waals surface area (Å²) in [7, 11) is 0. The lowest BCUT2D eigenvalue weighted by molar-refractivity contribution is -0.133. The molecule has 31 heavy (non-hydrogen) atoms. The molecule has 0 fully saturated rings. The van der Waals surface area contributed by atoms with E-state index in [2.05, 4.69) is 5.32 Å². The van der Waals surface area contributed by atoms with Crippen molar-refractivity contribution in [2.45, 2.75) is 19.4 Å². The van der Waals surface area contributed by atoms with Gasteiger partial charge in [0.2, 0.25) is 5.91 Å². The van der Waals surface area contributed by atoms with Crippen molar-refractivity contribution in [2.75, 3.05) is 23.4 Å². The fourth-order valence-electron chi connectivity index (χ4n) is 3.93. The fourth-order valence-corrected chi connectivity index (χ4v) is 3.93. The summed E-state index contributed by atoms with van der Waals surface area (Å²) in [6.45, 7) is 4.00. The summed E-state index contributed by atoms with van der Waals surface area (Å²) in [5.41, 5.74) is 1.09. The van der Waals surface area contributed by atoms with Gasteiger partial charge in [0.05, 0.1) is 18.0 Å². The number of benzene rings is 3. The largest absolute Gasteiger partial charge is 0.492 e. The number of amides is 2. The van der Waals surface area contributed by atoms with E-state index in [9.17, 15) is 14.7 Å². The molecule has 6 heteroatoms. The molecule has 1 aliphatic heterocycles. The van der Waals surface area contributed by atoms with Crippen molar-refractivity contribution in [1.29, 1.82) is 0 Å². The molecule has 3 aromatic carbocycles. The first kappa shape index (κ1) is 20.6. The number of aryl methyl sites for hydroxylation is 1. The number of ether oxygens (including phenoxy) is 1. The Labute approximate surface area is 181 Å². The third kappa shape index (κ3) is 3.66. The van der Waals surface area contributed by atoms with E-state index in [0.29, 0.717) is 34.9 Å². The zero-order chi connectivity index (χ0) is 22.0. The number of carbonyl (C=O) groups is 2. The molecular formula is C25H24N2O4. The van der Waals surface area contributed by atoms with Gasteiger partial charge in [-0.2, -0.15) is 0 Å². The van der Waals surface area contributed by atoms with Gasteiger partial charge in [-0.25, -0.2) is 0 Å². The van der Waals surface area contributed by atoms with E-state index >= 15 is 0 Å². The van der Waals surface area contributed by atoms with Gasteiger partial charge in [0.25, 0.3) is 5.91 Å². The van der Waals surface area contributed by atoms with E-state index in [1.54, 1.807) is 60.7 Å². The molecule has 0 aliphatic carbocycles. The van der Waals surface area contributed by atoms with Gasteiger partial charge in [0.1, 0.15) is 12.3 Å². The molecule has 1 aliphatic rings. The van der Waals surface area contributed by atoms with Crippen LogP contribution < -0.4 is 15.0 Å². The number of carbonyl (C=O) groups excluding carboxylic acids is 2. The minimum absolute atomic E-state index is 0.232. The average molecular weight is 416 g/mol. The molecule has 3 aromatic rings. The van der Waals surface area contributed by atoms with Crippen molar-refractivity contribution in [3.63, 3.8) is 0 Å². The van der Waals surface area contributed by atoms with Gasteiger partial charge in [0, 0.05) is 5.56 Å². The lowest BCUT2D eigenvalue weighted by Crippen LogP contribution is -2.44. The fraction of sp³-hybridized carbons (Fsp3) is 0.200. The van der Waals surface area contributed by atoms with E-state index in [0.717, 1.165) is 5.56 Å². The Balaban J connectivity index is 1.64. The highest BCUT2D eigenvalue weighted by atomic mass is 16.5. The van der Waals surface area contributed by atoms with Gasteiger partial charge in [-0.3, -0.25) is 14.5 Å².